The summed E-state index contributed by atoms with van der Waals surface area (Å²) >= 11 is 0. The first kappa shape index (κ1) is 20.5. The molecule has 9 nitrogen and oxygen atoms in total. The fraction of sp³-hybridized carbons (Fsp3) is 0.522. The largest absolute Gasteiger partial charge is 0.456 e. The predicted octanol–water partition coefficient (Wildman–Crippen LogP) is 1.92. The number of nitrogens with one attached hydrogen (secondary N) is 1. The van der Waals surface area contributed by atoms with E-state index in [1.807, 2.05) is 6.07 Å². The monoisotopic (exact) mass is 452 g/mol. The van der Waals surface area contributed by atoms with E-state index in [2.05, 4.69) is 20.8 Å². The molecule has 2 fully saturated rings. The minimum absolute atomic E-state index is 0.124. The van der Waals surface area contributed by atoms with Crippen LogP contribution in [-0.4, -0.2) is 56.2 Å². The number of carbonyl (C=O) groups is 2. The maximum absolute atomic E-state index is 15.1. The number of tetrazole rings is 1. The van der Waals surface area contributed by atoms with E-state index in [9.17, 15) is 9.59 Å². The van der Waals surface area contributed by atoms with Gasteiger partial charge in [-0.3, -0.25) is 4.79 Å². The van der Waals surface area contributed by atoms with Gasteiger partial charge in [0.15, 0.2) is 5.82 Å². The molecule has 2 aromatic rings. The van der Waals surface area contributed by atoms with Crippen molar-refractivity contribution in [2.75, 3.05) is 13.2 Å². The molecule has 1 amide bonds. The lowest BCUT2D eigenvalue weighted by atomic mass is 9.71. The van der Waals surface area contributed by atoms with Gasteiger partial charge in [0.05, 0.1) is 23.2 Å². The number of nitrogens with zero attached hydrogens (tertiary/aromatic N) is 5. The average Bonchev–Trinajstić information content (AvgIpc) is 3.56. The second kappa shape index (κ2) is 7.44. The van der Waals surface area contributed by atoms with Crippen molar-refractivity contribution < 1.29 is 18.7 Å². The molecule has 10 heteroatoms. The zero-order valence-corrected chi connectivity index (χ0v) is 18.4. The zero-order valence-electron chi connectivity index (χ0n) is 18.4. The van der Waals surface area contributed by atoms with E-state index in [1.54, 1.807) is 22.6 Å². The smallest absolute Gasteiger partial charge is 0.336 e. The Morgan fingerprint density at radius 2 is 2.06 bits per heavy atom. The van der Waals surface area contributed by atoms with Crippen molar-refractivity contribution in [3.63, 3.8) is 0 Å². The summed E-state index contributed by atoms with van der Waals surface area (Å²) in [5.41, 5.74) is 2.92. The molecule has 4 aliphatic rings. The highest BCUT2D eigenvalue weighted by Crippen LogP contribution is 2.46. The van der Waals surface area contributed by atoms with E-state index in [4.69, 9.17) is 4.74 Å². The van der Waals surface area contributed by atoms with Crippen LogP contribution in [0.1, 0.15) is 50.2 Å². The molecule has 1 saturated carbocycles. The number of amides is 1. The first-order valence-corrected chi connectivity index (χ1v) is 11.5. The fourth-order valence-corrected chi connectivity index (χ4v) is 5.74. The molecule has 3 aliphatic heterocycles. The summed E-state index contributed by atoms with van der Waals surface area (Å²) in [4.78, 5) is 26.8. The van der Waals surface area contributed by atoms with Gasteiger partial charge in [0.1, 0.15) is 12.4 Å². The molecule has 1 N–H and O–H groups in total. The predicted molar refractivity (Wildman–Crippen MR) is 114 cm³/mol. The first-order chi connectivity index (χ1) is 16.0. The van der Waals surface area contributed by atoms with Crippen molar-refractivity contribution in [1.29, 1.82) is 0 Å². The average molecular weight is 452 g/mol. The van der Waals surface area contributed by atoms with E-state index in [1.165, 1.54) is 0 Å². The van der Waals surface area contributed by atoms with Crippen molar-refractivity contribution in [3.8, 4) is 11.4 Å². The highest BCUT2D eigenvalue weighted by atomic mass is 19.1. The van der Waals surface area contributed by atoms with Crippen LogP contribution in [0.5, 0.6) is 0 Å². The highest BCUT2D eigenvalue weighted by Gasteiger charge is 2.50. The van der Waals surface area contributed by atoms with Crippen LogP contribution in [0.2, 0.25) is 0 Å². The van der Waals surface area contributed by atoms with Crippen molar-refractivity contribution in [2.24, 2.45) is 5.41 Å². The van der Waals surface area contributed by atoms with Crippen LogP contribution in [0.4, 0.5) is 4.39 Å². The van der Waals surface area contributed by atoms with E-state index in [0.717, 1.165) is 43.4 Å². The molecule has 6 rings (SSSR count). The summed E-state index contributed by atoms with van der Waals surface area (Å²) in [5, 5.41) is 15.0. The summed E-state index contributed by atoms with van der Waals surface area (Å²) in [7, 11) is 0. The molecule has 33 heavy (non-hydrogen) atoms. The number of halogens is 1. The minimum Gasteiger partial charge on any atom is -0.456 e. The Morgan fingerprint density at radius 3 is 2.82 bits per heavy atom. The molecule has 1 aromatic carbocycles. The number of hydrogen-bond donors (Lipinski definition) is 1. The van der Waals surface area contributed by atoms with Gasteiger partial charge in [-0.15, -0.1) is 5.10 Å². The van der Waals surface area contributed by atoms with Crippen LogP contribution in [-0.2, 0) is 27.4 Å². The Morgan fingerprint density at radius 1 is 1.24 bits per heavy atom. The first-order valence-electron chi connectivity index (χ1n) is 11.5. The third-order valence-electron chi connectivity index (χ3n) is 7.85. The zero-order chi connectivity index (χ0) is 22.7. The Hall–Kier alpha value is -3.14. The number of esters is 1. The molecule has 4 heterocycles. The molecular weight excluding hydrogens is 427 g/mol. The van der Waals surface area contributed by atoms with Gasteiger partial charge in [-0.25, -0.2) is 13.9 Å². The number of fused-ring (bicyclic) bond motifs is 3. The lowest BCUT2D eigenvalue weighted by Crippen LogP contribution is -2.42. The number of cyclic esters (lactones) is 1. The number of aromatic nitrogens is 4. The number of carbonyl (C=O) groups excluding carboxylic acids is 2. The lowest BCUT2D eigenvalue weighted by Gasteiger charge is -2.36. The number of likely N-dealkylation sites (tertiary alicyclic amines) is 1. The molecule has 1 spiro atoms. The van der Waals surface area contributed by atoms with E-state index in [-0.39, 0.29) is 35.8 Å². The van der Waals surface area contributed by atoms with Gasteiger partial charge in [0.25, 0.3) is 0 Å². The Balaban J connectivity index is 1.08. The number of ether oxygens (including phenoxy) is 1. The van der Waals surface area contributed by atoms with Gasteiger partial charge in [0, 0.05) is 35.8 Å². The molecule has 172 valence electrons. The molecule has 1 aliphatic carbocycles. The second-order valence-electron chi connectivity index (χ2n) is 9.52. The normalized spacial score (nSPS) is 26.4. The topological polar surface area (TPSA) is 102 Å². The van der Waals surface area contributed by atoms with Gasteiger partial charge in [0.2, 0.25) is 5.91 Å². The van der Waals surface area contributed by atoms with Gasteiger partial charge < -0.3 is 15.0 Å². The summed E-state index contributed by atoms with van der Waals surface area (Å²) in [6, 6.07) is 3.93. The number of benzene rings is 1. The van der Waals surface area contributed by atoms with Gasteiger partial charge in [-0.05, 0) is 49.5 Å². The molecular formula is C23H25FN6O3. The molecule has 1 aromatic heterocycles. The van der Waals surface area contributed by atoms with Crippen LogP contribution < -0.4 is 5.32 Å². The standard InChI is InChI=1S/C23H25FN6O3/c1-13-18(12-33-21(13)31)29-9-8-23(22(29)32)6-4-15(5-7-23)25-10-14-2-3-16-17(19(14)24)11-30-20(16)26-27-28-30/h2-3,15,25H,4-12H2,1H3/t15-,23-. The van der Waals surface area contributed by atoms with Crippen molar-refractivity contribution in [2.45, 2.75) is 58.2 Å². The highest BCUT2D eigenvalue weighted by molar-refractivity contribution is 5.94. The second-order valence-corrected chi connectivity index (χ2v) is 9.52. The Bertz CT molecular complexity index is 1200. The van der Waals surface area contributed by atoms with Crippen LogP contribution in [0.15, 0.2) is 23.4 Å². The summed E-state index contributed by atoms with van der Waals surface area (Å²) in [5.74, 6) is 0.191. The molecule has 1 saturated heterocycles. The third-order valence-corrected chi connectivity index (χ3v) is 7.85. The summed E-state index contributed by atoms with van der Waals surface area (Å²) in [6.07, 6.45) is 4.14. The number of rotatable bonds is 4. The van der Waals surface area contributed by atoms with Gasteiger partial charge in [-0.1, -0.05) is 12.1 Å². The van der Waals surface area contributed by atoms with E-state index >= 15 is 4.39 Å². The molecule has 0 unspecified atom stereocenters. The molecule has 0 radical (unpaired) electrons. The Kier molecular flexibility index (Phi) is 4.62. The lowest BCUT2D eigenvalue weighted by molar-refractivity contribution is -0.138. The SMILES string of the molecule is CC1=C(N2CC[C@]3(CC[C@@H](NCc4ccc5c(c4F)Cn4nnnc4-5)CC3)C2=O)COC1=O. The fourth-order valence-electron chi connectivity index (χ4n) is 5.74. The quantitative estimate of drug-likeness (QED) is 0.604. The summed E-state index contributed by atoms with van der Waals surface area (Å²) < 4.78 is 21.8. The van der Waals surface area contributed by atoms with Gasteiger partial charge in [-0.2, -0.15) is 0 Å². The minimum atomic E-state index is -0.350. The van der Waals surface area contributed by atoms with Gasteiger partial charge >= 0.3 is 5.97 Å². The Labute approximate surface area is 190 Å². The van der Waals surface area contributed by atoms with Crippen LogP contribution >= 0.6 is 0 Å². The third kappa shape index (κ3) is 3.11. The van der Waals surface area contributed by atoms with E-state index < -0.39 is 0 Å². The van der Waals surface area contributed by atoms with Crippen molar-refractivity contribution in [1.82, 2.24) is 30.4 Å². The van der Waals surface area contributed by atoms with Crippen molar-refractivity contribution >= 4 is 11.9 Å². The van der Waals surface area contributed by atoms with E-state index in [0.29, 0.717) is 42.2 Å². The van der Waals surface area contributed by atoms with Crippen molar-refractivity contribution in [3.05, 3.63) is 40.3 Å². The molecule has 0 atom stereocenters. The maximum atomic E-state index is 15.1. The number of hydrogen-bond acceptors (Lipinski definition) is 7. The maximum Gasteiger partial charge on any atom is 0.336 e. The van der Waals surface area contributed by atoms with Crippen LogP contribution in [0.25, 0.3) is 11.4 Å². The molecule has 0 bridgehead atoms. The van der Waals surface area contributed by atoms with Crippen LogP contribution in [0.3, 0.4) is 0 Å². The summed E-state index contributed by atoms with van der Waals surface area (Å²) in [6.45, 7) is 3.35. The van der Waals surface area contributed by atoms with Crippen LogP contribution in [0, 0.1) is 11.2 Å².